The summed E-state index contributed by atoms with van der Waals surface area (Å²) in [7, 11) is 0. The highest BCUT2D eigenvalue weighted by molar-refractivity contribution is 14.1. The molecule has 0 aromatic heterocycles. The number of amides is 4. The number of nitrogens with one attached hydrogen (secondary N) is 4. The molecule has 4 N–H and O–H groups in total. The summed E-state index contributed by atoms with van der Waals surface area (Å²) in [6.07, 6.45) is 3.36. The summed E-state index contributed by atoms with van der Waals surface area (Å²) >= 11 is 3.91. The molecule has 2 aliphatic rings. The summed E-state index contributed by atoms with van der Waals surface area (Å²) in [4.78, 5) is 34.4. The van der Waals surface area contributed by atoms with Crippen LogP contribution in [0.5, 0.6) is 0 Å². The summed E-state index contributed by atoms with van der Waals surface area (Å²) in [6, 6.07) is 0.423. The number of hydrogen-bond acceptors (Lipinski definition) is 8. The highest BCUT2D eigenvalue weighted by Gasteiger charge is 2.42. The maximum absolute atomic E-state index is 11.9. The molecular weight excluding hydrogens is 591 g/mol. The third-order valence-electron chi connectivity index (χ3n) is 5.46. The number of halogens is 1. The van der Waals surface area contributed by atoms with Crippen molar-refractivity contribution < 1.29 is 33.3 Å². The van der Waals surface area contributed by atoms with Crippen LogP contribution in [-0.2, 0) is 28.5 Å². The van der Waals surface area contributed by atoms with Crippen molar-refractivity contribution in [3.63, 3.8) is 0 Å². The average Bonchev–Trinajstić information content (AvgIpc) is 3.40. The summed E-state index contributed by atoms with van der Waals surface area (Å²) in [5.74, 6) is 1.02. The number of rotatable bonds is 21. The lowest BCUT2D eigenvalue weighted by Crippen LogP contribution is -2.36. The maximum Gasteiger partial charge on any atom is 0.315 e. The zero-order valence-electron chi connectivity index (χ0n) is 20.2. The van der Waals surface area contributed by atoms with Crippen LogP contribution in [0.2, 0.25) is 0 Å². The molecule has 0 saturated carbocycles. The van der Waals surface area contributed by atoms with Gasteiger partial charge >= 0.3 is 6.03 Å². The Bertz CT molecular complexity index is 635. The van der Waals surface area contributed by atoms with Gasteiger partial charge in [-0.15, -0.1) is 0 Å². The van der Waals surface area contributed by atoms with Crippen LogP contribution in [0.15, 0.2) is 0 Å². The molecule has 2 rings (SSSR count). The Kier molecular flexibility index (Phi) is 16.7. The van der Waals surface area contributed by atoms with Gasteiger partial charge in [-0.2, -0.15) is 11.8 Å². The molecule has 2 saturated heterocycles. The van der Waals surface area contributed by atoms with Crippen molar-refractivity contribution in [2.24, 2.45) is 0 Å². The lowest BCUT2D eigenvalue weighted by Gasteiger charge is -2.16. The highest BCUT2D eigenvalue weighted by Crippen LogP contribution is 2.33. The van der Waals surface area contributed by atoms with E-state index in [1.54, 1.807) is 0 Å². The summed E-state index contributed by atoms with van der Waals surface area (Å²) in [5.41, 5.74) is 0. The first-order chi connectivity index (χ1) is 17.1. The zero-order valence-corrected chi connectivity index (χ0v) is 23.2. The second-order valence-corrected chi connectivity index (χ2v) is 10.2. The molecule has 0 bridgehead atoms. The quantitative estimate of drug-likeness (QED) is 0.0622. The lowest BCUT2D eigenvalue weighted by molar-refractivity contribution is -0.121. The Labute approximate surface area is 225 Å². The van der Waals surface area contributed by atoms with Gasteiger partial charge in [0.1, 0.15) is 0 Å². The van der Waals surface area contributed by atoms with Gasteiger partial charge in [-0.3, -0.25) is 9.59 Å². The zero-order chi connectivity index (χ0) is 25.1. The number of unbranched alkanes of at least 4 members (excludes halogenated alkanes) is 1. The largest absolute Gasteiger partial charge is 0.377 e. The van der Waals surface area contributed by atoms with Crippen LogP contribution >= 0.6 is 34.4 Å². The summed E-state index contributed by atoms with van der Waals surface area (Å²) < 4.78 is 22.1. The first-order valence-corrected chi connectivity index (χ1v) is 14.8. The topological polar surface area (TPSA) is 136 Å². The molecule has 0 aromatic rings. The highest BCUT2D eigenvalue weighted by atomic mass is 127. The van der Waals surface area contributed by atoms with Gasteiger partial charge in [0.25, 0.3) is 0 Å². The standard InChI is InChI=1S/C22H39IN4O7S/c23-15-20(29)25-6-8-32-10-12-34-14-13-33-11-9-31-7-5-24-19(28)4-2-1-3-18-21-17(16-35-18)26-22(30)27-21/h17-18,21H,1-16H2,(H,24,28)(H,25,29)(H2,26,27,30)/t17-,18-,21-/m0/s1. The van der Waals surface area contributed by atoms with Crippen molar-refractivity contribution in [3.8, 4) is 0 Å². The Morgan fingerprint density at radius 1 is 0.857 bits per heavy atom. The normalized spacial score (nSPS) is 20.8. The maximum atomic E-state index is 11.9. The van der Waals surface area contributed by atoms with Crippen molar-refractivity contribution >= 4 is 52.2 Å². The van der Waals surface area contributed by atoms with Crippen molar-refractivity contribution in [1.82, 2.24) is 21.3 Å². The fourth-order valence-electron chi connectivity index (χ4n) is 3.70. The van der Waals surface area contributed by atoms with Gasteiger partial charge in [0.05, 0.1) is 69.4 Å². The molecule has 202 valence electrons. The van der Waals surface area contributed by atoms with E-state index in [2.05, 4.69) is 21.3 Å². The Hall–Kier alpha value is -0.870. The molecule has 3 atom stereocenters. The number of thioether (sulfide) groups is 1. The minimum atomic E-state index is -0.0583. The number of urea groups is 1. The lowest BCUT2D eigenvalue weighted by atomic mass is 10.0. The Balaban J connectivity index is 1.26. The second-order valence-electron chi connectivity index (χ2n) is 8.15. The van der Waals surface area contributed by atoms with E-state index < -0.39 is 0 Å². The molecule has 2 aliphatic heterocycles. The van der Waals surface area contributed by atoms with E-state index in [9.17, 15) is 14.4 Å². The number of carbonyl (C=O) groups excluding carboxylic acids is 3. The van der Waals surface area contributed by atoms with Gasteiger partial charge in [0.15, 0.2) is 0 Å². The molecule has 11 nitrogen and oxygen atoms in total. The molecule has 35 heavy (non-hydrogen) atoms. The molecule has 0 spiro atoms. The van der Waals surface area contributed by atoms with Crippen molar-refractivity contribution in [1.29, 1.82) is 0 Å². The van der Waals surface area contributed by atoms with Gasteiger partial charge in [0.2, 0.25) is 11.8 Å². The average molecular weight is 631 g/mol. The molecule has 0 radical (unpaired) electrons. The van der Waals surface area contributed by atoms with Crippen LogP contribution in [0.1, 0.15) is 25.7 Å². The van der Waals surface area contributed by atoms with Crippen LogP contribution in [0.3, 0.4) is 0 Å². The van der Waals surface area contributed by atoms with Crippen LogP contribution in [0.25, 0.3) is 0 Å². The Morgan fingerprint density at radius 2 is 1.43 bits per heavy atom. The third kappa shape index (κ3) is 13.9. The first-order valence-electron chi connectivity index (χ1n) is 12.2. The van der Waals surface area contributed by atoms with Gasteiger partial charge in [-0.05, 0) is 12.8 Å². The Morgan fingerprint density at radius 3 is 2.03 bits per heavy atom. The van der Waals surface area contributed by atoms with Crippen LogP contribution < -0.4 is 21.3 Å². The third-order valence-corrected chi connectivity index (χ3v) is 7.66. The SMILES string of the molecule is O=C(CI)NCCOCCOCCOCCOCCNC(=O)CCCC[C@@H]1SC[C@@H]2NC(=O)N[C@@H]21. The number of alkyl halides is 1. The minimum absolute atomic E-state index is 0.00982. The summed E-state index contributed by atoms with van der Waals surface area (Å²) in [5, 5.41) is 12.0. The first kappa shape index (κ1) is 30.4. The van der Waals surface area contributed by atoms with E-state index in [1.165, 1.54) is 0 Å². The molecule has 0 aliphatic carbocycles. The smallest absolute Gasteiger partial charge is 0.315 e. The van der Waals surface area contributed by atoms with Crippen LogP contribution in [0, 0.1) is 0 Å². The van der Waals surface area contributed by atoms with E-state index in [1.807, 2.05) is 34.4 Å². The molecular formula is C22H39IN4O7S. The van der Waals surface area contributed by atoms with E-state index in [0.29, 0.717) is 82.0 Å². The second kappa shape index (κ2) is 19.3. The van der Waals surface area contributed by atoms with Gasteiger partial charge in [0, 0.05) is 30.5 Å². The molecule has 4 amide bonds. The fourth-order valence-corrected chi connectivity index (χ4v) is 5.51. The number of carbonyl (C=O) groups is 3. The van der Waals surface area contributed by atoms with E-state index >= 15 is 0 Å². The molecule has 2 heterocycles. The molecule has 0 unspecified atom stereocenters. The predicted molar refractivity (Wildman–Crippen MR) is 142 cm³/mol. The van der Waals surface area contributed by atoms with Crippen molar-refractivity contribution in [2.75, 3.05) is 76.1 Å². The summed E-state index contributed by atoms with van der Waals surface area (Å²) in [6.45, 7) is 4.79. The molecule has 0 aromatic carbocycles. The monoisotopic (exact) mass is 630 g/mol. The predicted octanol–water partition coefficient (Wildman–Crippen LogP) is 0.446. The fraction of sp³-hybridized carbons (Fsp3) is 0.864. The number of hydrogen-bond donors (Lipinski definition) is 4. The van der Waals surface area contributed by atoms with E-state index in [4.69, 9.17) is 18.9 Å². The van der Waals surface area contributed by atoms with Gasteiger partial charge < -0.3 is 40.2 Å². The van der Waals surface area contributed by atoms with Crippen molar-refractivity contribution in [3.05, 3.63) is 0 Å². The van der Waals surface area contributed by atoms with Gasteiger partial charge in [-0.25, -0.2) is 4.79 Å². The van der Waals surface area contributed by atoms with Crippen molar-refractivity contribution in [2.45, 2.75) is 43.0 Å². The molecule has 13 heteroatoms. The minimum Gasteiger partial charge on any atom is -0.377 e. The van der Waals surface area contributed by atoms with Gasteiger partial charge in [-0.1, -0.05) is 29.0 Å². The van der Waals surface area contributed by atoms with E-state index in [-0.39, 0.29) is 29.9 Å². The number of ether oxygens (including phenoxy) is 4. The van der Waals surface area contributed by atoms with Crippen LogP contribution in [0.4, 0.5) is 4.79 Å². The van der Waals surface area contributed by atoms with Crippen LogP contribution in [-0.4, -0.2) is 111 Å². The van der Waals surface area contributed by atoms with E-state index in [0.717, 1.165) is 25.0 Å². The number of fused-ring (bicyclic) bond motifs is 1. The molecule has 2 fully saturated rings.